The van der Waals surface area contributed by atoms with E-state index >= 15 is 0 Å². The zero-order valence-electron chi connectivity index (χ0n) is 11.0. The minimum Gasteiger partial charge on any atom is -0.464 e. The van der Waals surface area contributed by atoms with E-state index in [-0.39, 0.29) is 6.61 Å². The first-order valence-electron chi connectivity index (χ1n) is 5.53. The molecule has 92 valence electrons. The van der Waals surface area contributed by atoms with Crippen molar-refractivity contribution >= 4 is 14.0 Å². The van der Waals surface area contributed by atoms with Gasteiger partial charge in [0.05, 0.1) is 12.5 Å². The van der Waals surface area contributed by atoms with Gasteiger partial charge in [-0.1, -0.05) is 19.6 Å². The SMILES string of the molecule is CCOC(=O)C(C)(O)C(C)C#C[Si](C)(C)C. The van der Waals surface area contributed by atoms with Gasteiger partial charge in [-0.15, -0.1) is 11.5 Å². The molecule has 0 spiro atoms. The molecule has 0 aromatic carbocycles. The van der Waals surface area contributed by atoms with Crippen molar-refractivity contribution in [2.24, 2.45) is 5.92 Å². The number of ether oxygens (including phenoxy) is 1. The van der Waals surface area contributed by atoms with E-state index in [1.807, 2.05) is 0 Å². The fourth-order valence-corrected chi connectivity index (χ4v) is 1.57. The molecule has 0 radical (unpaired) electrons. The highest BCUT2D eigenvalue weighted by atomic mass is 28.3. The zero-order valence-corrected chi connectivity index (χ0v) is 12.0. The molecular formula is C12H22O3Si. The van der Waals surface area contributed by atoms with Gasteiger partial charge in [0, 0.05) is 0 Å². The number of hydrogen-bond donors (Lipinski definition) is 1. The second-order valence-corrected chi connectivity index (χ2v) is 9.86. The molecule has 0 saturated heterocycles. The molecule has 3 nitrogen and oxygen atoms in total. The minimum absolute atomic E-state index is 0.267. The summed E-state index contributed by atoms with van der Waals surface area (Å²) in [6, 6.07) is 0. The molecule has 0 fully saturated rings. The number of hydrogen-bond acceptors (Lipinski definition) is 3. The van der Waals surface area contributed by atoms with Crippen molar-refractivity contribution in [3.8, 4) is 11.5 Å². The Morgan fingerprint density at radius 3 is 2.38 bits per heavy atom. The number of aliphatic hydroxyl groups is 1. The van der Waals surface area contributed by atoms with Gasteiger partial charge in [0.1, 0.15) is 8.07 Å². The van der Waals surface area contributed by atoms with Crippen LogP contribution in [0.25, 0.3) is 0 Å². The van der Waals surface area contributed by atoms with Crippen LogP contribution in [-0.2, 0) is 9.53 Å². The van der Waals surface area contributed by atoms with Crippen LogP contribution in [0.5, 0.6) is 0 Å². The van der Waals surface area contributed by atoms with Gasteiger partial charge in [0.15, 0.2) is 5.60 Å². The molecule has 0 heterocycles. The molecule has 0 aliphatic heterocycles. The van der Waals surface area contributed by atoms with Crippen molar-refractivity contribution in [3.05, 3.63) is 0 Å². The lowest BCUT2D eigenvalue weighted by Gasteiger charge is -2.24. The molecular weight excluding hydrogens is 220 g/mol. The van der Waals surface area contributed by atoms with E-state index in [1.165, 1.54) is 6.92 Å². The van der Waals surface area contributed by atoms with E-state index in [9.17, 15) is 9.90 Å². The van der Waals surface area contributed by atoms with E-state index in [1.54, 1.807) is 13.8 Å². The number of esters is 1. The Balaban J connectivity index is 4.75. The third-order valence-corrected chi connectivity index (χ3v) is 3.09. The summed E-state index contributed by atoms with van der Waals surface area (Å²) in [7, 11) is -1.48. The monoisotopic (exact) mass is 242 g/mol. The van der Waals surface area contributed by atoms with Crippen LogP contribution < -0.4 is 0 Å². The van der Waals surface area contributed by atoms with Crippen molar-refractivity contribution in [2.75, 3.05) is 6.61 Å². The maximum Gasteiger partial charge on any atom is 0.339 e. The molecule has 1 N–H and O–H groups in total. The third-order valence-electron chi connectivity index (χ3n) is 2.20. The quantitative estimate of drug-likeness (QED) is 0.466. The smallest absolute Gasteiger partial charge is 0.339 e. The normalized spacial score (nSPS) is 16.7. The van der Waals surface area contributed by atoms with Crippen molar-refractivity contribution < 1.29 is 14.6 Å². The van der Waals surface area contributed by atoms with Crippen LogP contribution >= 0.6 is 0 Å². The van der Waals surface area contributed by atoms with Gasteiger partial charge in [-0.3, -0.25) is 0 Å². The zero-order chi connectivity index (χ0) is 13.0. The summed E-state index contributed by atoms with van der Waals surface area (Å²) in [6.45, 7) is 11.5. The van der Waals surface area contributed by atoms with E-state index < -0.39 is 25.6 Å². The second kappa shape index (κ2) is 5.51. The molecule has 0 aliphatic rings. The number of rotatable bonds is 3. The molecule has 0 aliphatic carbocycles. The number of carbonyl (C=O) groups is 1. The Morgan fingerprint density at radius 2 is 2.00 bits per heavy atom. The molecule has 0 aromatic heterocycles. The average Bonchev–Trinajstić information content (AvgIpc) is 2.13. The van der Waals surface area contributed by atoms with E-state index in [4.69, 9.17) is 4.74 Å². The molecule has 0 rings (SSSR count). The van der Waals surface area contributed by atoms with Gasteiger partial charge in [-0.2, -0.15) is 0 Å². The summed E-state index contributed by atoms with van der Waals surface area (Å²) in [5, 5.41) is 10.0. The van der Waals surface area contributed by atoms with Crippen LogP contribution in [0.4, 0.5) is 0 Å². The Morgan fingerprint density at radius 1 is 1.50 bits per heavy atom. The Kier molecular flexibility index (Phi) is 5.24. The minimum atomic E-state index is -1.53. The van der Waals surface area contributed by atoms with Crippen molar-refractivity contribution in [3.63, 3.8) is 0 Å². The van der Waals surface area contributed by atoms with Gasteiger partial charge in [0.25, 0.3) is 0 Å². The Bertz CT molecular complexity index is 304. The average molecular weight is 242 g/mol. The molecule has 0 bridgehead atoms. The fourth-order valence-electron chi connectivity index (χ4n) is 0.919. The van der Waals surface area contributed by atoms with E-state index in [2.05, 4.69) is 31.1 Å². The van der Waals surface area contributed by atoms with Crippen molar-refractivity contribution in [1.82, 2.24) is 0 Å². The highest BCUT2D eigenvalue weighted by Crippen LogP contribution is 2.18. The first-order valence-corrected chi connectivity index (χ1v) is 9.03. The lowest BCUT2D eigenvalue weighted by atomic mass is 9.92. The Labute approximate surface area is 99.2 Å². The summed E-state index contributed by atoms with van der Waals surface area (Å²) >= 11 is 0. The summed E-state index contributed by atoms with van der Waals surface area (Å²) in [5.41, 5.74) is 1.62. The van der Waals surface area contributed by atoms with Crippen LogP contribution in [0.3, 0.4) is 0 Å². The van der Waals surface area contributed by atoms with Gasteiger partial charge in [-0.05, 0) is 20.8 Å². The molecule has 0 aromatic rings. The predicted molar refractivity (Wildman–Crippen MR) is 67.5 cm³/mol. The lowest BCUT2D eigenvalue weighted by Crippen LogP contribution is -2.42. The summed E-state index contributed by atoms with van der Waals surface area (Å²) in [4.78, 5) is 11.5. The maximum atomic E-state index is 11.5. The van der Waals surface area contributed by atoms with Gasteiger partial charge >= 0.3 is 5.97 Å². The molecule has 0 amide bonds. The topological polar surface area (TPSA) is 46.5 Å². The Hall–Kier alpha value is -0.793. The molecule has 0 saturated carbocycles. The lowest BCUT2D eigenvalue weighted by molar-refractivity contribution is -0.166. The highest BCUT2D eigenvalue weighted by Gasteiger charge is 2.37. The second-order valence-electron chi connectivity index (χ2n) is 5.11. The molecule has 2 atom stereocenters. The fraction of sp³-hybridized carbons (Fsp3) is 0.750. The summed E-state index contributed by atoms with van der Waals surface area (Å²) < 4.78 is 4.81. The number of carbonyl (C=O) groups excluding carboxylic acids is 1. The summed E-state index contributed by atoms with van der Waals surface area (Å²) in [5.74, 6) is 1.94. The van der Waals surface area contributed by atoms with Crippen LogP contribution in [0, 0.1) is 17.4 Å². The van der Waals surface area contributed by atoms with Crippen LogP contribution in [0.1, 0.15) is 20.8 Å². The predicted octanol–water partition coefficient (Wildman–Crippen LogP) is 1.82. The van der Waals surface area contributed by atoms with Crippen LogP contribution in [0.2, 0.25) is 19.6 Å². The van der Waals surface area contributed by atoms with Gasteiger partial charge in [-0.25, -0.2) is 4.79 Å². The molecule has 2 unspecified atom stereocenters. The third kappa shape index (κ3) is 4.82. The van der Waals surface area contributed by atoms with Gasteiger partial charge in [0.2, 0.25) is 0 Å². The largest absolute Gasteiger partial charge is 0.464 e. The van der Waals surface area contributed by atoms with Crippen LogP contribution in [0.15, 0.2) is 0 Å². The maximum absolute atomic E-state index is 11.5. The van der Waals surface area contributed by atoms with E-state index in [0.717, 1.165) is 0 Å². The van der Waals surface area contributed by atoms with Crippen molar-refractivity contribution in [2.45, 2.75) is 46.0 Å². The molecule has 16 heavy (non-hydrogen) atoms. The molecule has 4 heteroatoms. The van der Waals surface area contributed by atoms with Gasteiger partial charge < -0.3 is 9.84 Å². The van der Waals surface area contributed by atoms with Crippen LogP contribution in [-0.4, -0.2) is 31.4 Å². The summed E-state index contributed by atoms with van der Waals surface area (Å²) in [6.07, 6.45) is 0. The van der Waals surface area contributed by atoms with Crippen molar-refractivity contribution in [1.29, 1.82) is 0 Å². The standard InChI is InChI=1S/C12H22O3Si/c1-7-15-11(13)12(3,14)10(2)8-9-16(4,5)6/h10,14H,7H2,1-6H3. The van der Waals surface area contributed by atoms with E-state index in [0.29, 0.717) is 0 Å². The highest BCUT2D eigenvalue weighted by molar-refractivity contribution is 6.83. The first-order chi connectivity index (χ1) is 7.11. The first kappa shape index (κ1) is 15.2.